The van der Waals surface area contributed by atoms with Gasteiger partial charge in [0.1, 0.15) is 5.82 Å². The van der Waals surface area contributed by atoms with Gasteiger partial charge in [-0.2, -0.15) is 0 Å². The van der Waals surface area contributed by atoms with E-state index in [0.717, 1.165) is 0 Å². The van der Waals surface area contributed by atoms with Gasteiger partial charge in [-0.15, -0.1) is 11.8 Å². The van der Waals surface area contributed by atoms with E-state index < -0.39 is 11.9 Å². The molecule has 0 fully saturated rings. The number of methoxy groups -OCH3 is 1. The van der Waals surface area contributed by atoms with Crippen LogP contribution in [0.5, 0.6) is 0 Å². The fourth-order valence-electron chi connectivity index (χ4n) is 1.39. The first kappa shape index (κ1) is 14.0. The fraction of sp³-hybridized carbons (Fsp3) is 0.417. The van der Waals surface area contributed by atoms with Gasteiger partial charge in [-0.3, -0.25) is 4.79 Å². The number of carbonyl (C=O) groups excluding carboxylic acids is 1. The summed E-state index contributed by atoms with van der Waals surface area (Å²) in [6, 6.07) is 4.63. The number of thioether (sulfide) groups is 1. The summed E-state index contributed by atoms with van der Waals surface area (Å²) in [5.74, 6) is -0.230. The molecule has 0 aromatic heterocycles. The SMILES string of the molecule is COC(=O)CCSc1cccc(F)c1[C@@H](C)O. The van der Waals surface area contributed by atoms with Gasteiger partial charge in [0.25, 0.3) is 0 Å². The van der Waals surface area contributed by atoms with Crippen LogP contribution in [0.15, 0.2) is 23.1 Å². The Kier molecular flexibility index (Phi) is 5.44. The lowest BCUT2D eigenvalue weighted by molar-refractivity contribution is -0.140. The molecule has 1 aromatic carbocycles. The highest BCUT2D eigenvalue weighted by Crippen LogP contribution is 2.30. The van der Waals surface area contributed by atoms with E-state index in [2.05, 4.69) is 4.74 Å². The summed E-state index contributed by atoms with van der Waals surface area (Å²) in [6.45, 7) is 1.52. The first-order valence-corrected chi connectivity index (χ1v) is 6.21. The van der Waals surface area contributed by atoms with Crippen molar-refractivity contribution in [3.8, 4) is 0 Å². The molecule has 0 amide bonds. The monoisotopic (exact) mass is 258 g/mol. The second kappa shape index (κ2) is 6.61. The summed E-state index contributed by atoms with van der Waals surface area (Å²) in [6.07, 6.45) is -0.603. The molecule has 0 saturated carbocycles. The van der Waals surface area contributed by atoms with Crippen LogP contribution >= 0.6 is 11.8 Å². The summed E-state index contributed by atoms with van der Waals surface area (Å²) in [4.78, 5) is 11.6. The van der Waals surface area contributed by atoms with Crippen molar-refractivity contribution in [2.24, 2.45) is 0 Å². The molecule has 0 aliphatic heterocycles. The Morgan fingerprint density at radius 3 is 2.88 bits per heavy atom. The van der Waals surface area contributed by atoms with Crippen LogP contribution in [0.25, 0.3) is 0 Å². The molecule has 0 aliphatic carbocycles. The lowest BCUT2D eigenvalue weighted by Crippen LogP contribution is -2.02. The largest absolute Gasteiger partial charge is 0.469 e. The van der Waals surface area contributed by atoms with E-state index in [1.54, 1.807) is 12.1 Å². The number of carbonyl (C=O) groups is 1. The fourth-order valence-corrected chi connectivity index (χ4v) is 2.48. The topological polar surface area (TPSA) is 46.5 Å². The zero-order chi connectivity index (χ0) is 12.8. The van der Waals surface area contributed by atoms with Gasteiger partial charge < -0.3 is 9.84 Å². The van der Waals surface area contributed by atoms with Crippen LogP contribution in [0.2, 0.25) is 0 Å². The summed E-state index contributed by atoms with van der Waals surface area (Å²) in [5.41, 5.74) is 0.280. The van der Waals surface area contributed by atoms with Crippen LogP contribution in [0, 0.1) is 5.82 Å². The number of aliphatic hydroxyl groups is 1. The Hall–Kier alpha value is -1.07. The number of benzene rings is 1. The van der Waals surface area contributed by atoms with Gasteiger partial charge in [-0.25, -0.2) is 4.39 Å². The van der Waals surface area contributed by atoms with Crippen molar-refractivity contribution in [1.82, 2.24) is 0 Å². The van der Waals surface area contributed by atoms with Gasteiger partial charge in [0.05, 0.1) is 19.6 Å². The molecule has 0 heterocycles. The molecule has 5 heteroatoms. The summed E-state index contributed by atoms with van der Waals surface area (Å²) in [7, 11) is 1.33. The average Bonchev–Trinajstić information content (AvgIpc) is 2.28. The van der Waals surface area contributed by atoms with Crippen molar-refractivity contribution in [2.45, 2.75) is 24.3 Å². The standard InChI is InChI=1S/C12H15FO3S/c1-8(14)12-9(13)4-3-5-10(12)17-7-6-11(15)16-2/h3-5,8,14H,6-7H2,1-2H3/t8-/m1/s1. The van der Waals surface area contributed by atoms with E-state index in [4.69, 9.17) is 0 Å². The van der Waals surface area contributed by atoms with Crippen molar-refractivity contribution < 1.29 is 19.0 Å². The Bertz CT molecular complexity index is 393. The number of hydrogen-bond donors (Lipinski definition) is 1. The second-order valence-electron chi connectivity index (χ2n) is 3.50. The van der Waals surface area contributed by atoms with Gasteiger partial charge in [-0.1, -0.05) is 6.07 Å². The molecular formula is C12H15FO3S. The molecule has 3 nitrogen and oxygen atoms in total. The first-order valence-electron chi connectivity index (χ1n) is 5.22. The smallest absolute Gasteiger partial charge is 0.306 e. The lowest BCUT2D eigenvalue weighted by atomic mass is 10.1. The van der Waals surface area contributed by atoms with Crippen molar-refractivity contribution in [3.63, 3.8) is 0 Å². The van der Waals surface area contributed by atoms with Gasteiger partial charge >= 0.3 is 5.97 Å². The molecule has 0 spiro atoms. The maximum absolute atomic E-state index is 13.5. The van der Waals surface area contributed by atoms with Crippen molar-refractivity contribution in [3.05, 3.63) is 29.6 Å². The molecule has 0 radical (unpaired) electrons. The third-order valence-corrected chi connectivity index (χ3v) is 3.30. The number of halogens is 1. The quantitative estimate of drug-likeness (QED) is 0.651. The summed E-state index contributed by atoms with van der Waals surface area (Å²) >= 11 is 1.33. The number of rotatable bonds is 5. The number of ether oxygens (including phenoxy) is 1. The Balaban J connectivity index is 2.70. The van der Waals surface area contributed by atoms with Crippen LogP contribution in [-0.2, 0) is 9.53 Å². The highest BCUT2D eigenvalue weighted by molar-refractivity contribution is 7.99. The molecule has 1 rings (SSSR count). The molecule has 94 valence electrons. The predicted octanol–water partition coefficient (Wildman–Crippen LogP) is 2.53. The first-order chi connectivity index (χ1) is 8.06. The van der Waals surface area contributed by atoms with E-state index in [1.807, 2.05) is 0 Å². The van der Waals surface area contributed by atoms with Crippen LogP contribution < -0.4 is 0 Å². The number of esters is 1. The van der Waals surface area contributed by atoms with Gasteiger partial charge in [-0.05, 0) is 19.1 Å². The van der Waals surface area contributed by atoms with Crippen LogP contribution in [0.1, 0.15) is 25.0 Å². The van der Waals surface area contributed by atoms with Crippen molar-refractivity contribution in [1.29, 1.82) is 0 Å². The Labute approximate surface area is 104 Å². The minimum atomic E-state index is -0.864. The van der Waals surface area contributed by atoms with Gasteiger partial charge in [0, 0.05) is 16.2 Å². The van der Waals surface area contributed by atoms with Crippen molar-refractivity contribution in [2.75, 3.05) is 12.9 Å². The molecule has 17 heavy (non-hydrogen) atoms. The zero-order valence-electron chi connectivity index (χ0n) is 9.77. The number of aliphatic hydroxyl groups excluding tert-OH is 1. The molecule has 1 atom stereocenters. The van der Waals surface area contributed by atoms with E-state index >= 15 is 0 Å². The van der Waals surface area contributed by atoms with E-state index in [9.17, 15) is 14.3 Å². The second-order valence-corrected chi connectivity index (χ2v) is 4.64. The normalized spacial score (nSPS) is 12.2. The Morgan fingerprint density at radius 2 is 2.29 bits per heavy atom. The third kappa shape index (κ3) is 4.02. The molecule has 0 aliphatic rings. The maximum atomic E-state index is 13.5. The Morgan fingerprint density at radius 1 is 1.59 bits per heavy atom. The minimum absolute atomic E-state index is 0.261. The highest BCUT2D eigenvalue weighted by Gasteiger charge is 2.14. The summed E-state index contributed by atoms with van der Waals surface area (Å²) < 4.78 is 18.0. The van der Waals surface area contributed by atoms with Crippen LogP contribution in [0.3, 0.4) is 0 Å². The van der Waals surface area contributed by atoms with E-state index in [-0.39, 0.29) is 18.0 Å². The van der Waals surface area contributed by atoms with E-state index in [0.29, 0.717) is 10.6 Å². The van der Waals surface area contributed by atoms with Crippen molar-refractivity contribution >= 4 is 17.7 Å². The number of hydrogen-bond acceptors (Lipinski definition) is 4. The molecule has 0 bridgehead atoms. The maximum Gasteiger partial charge on any atom is 0.306 e. The average molecular weight is 258 g/mol. The van der Waals surface area contributed by atoms with Crippen LogP contribution in [-0.4, -0.2) is 23.9 Å². The zero-order valence-corrected chi connectivity index (χ0v) is 10.6. The molecule has 1 N–H and O–H groups in total. The molecule has 1 aromatic rings. The predicted molar refractivity (Wildman–Crippen MR) is 64.4 cm³/mol. The summed E-state index contributed by atoms with van der Waals surface area (Å²) in [5, 5.41) is 9.50. The molecule has 0 unspecified atom stereocenters. The minimum Gasteiger partial charge on any atom is -0.469 e. The third-order valence-electron chi connectivity index (χ3n) is 2.22. The van der Waals surface area contributed by atoms with Crippen LogP contribution in [0.4, 0.5) is 4.39 Å². The van der Waals surface area contributed by atoms with Gasteiger partial charge in [0.2, 0.25) is 0 Å². The lowest BCUT2D eigenvalue weighted by Gasteiger charge is -2.12. The molecule has 0 saturated heterocycles. The molecular weight excluding hydrogens is 243 g/mol. The van der Waals surface area contributed by atoms with Gasteiger partial charge in [0.15, 0.2) is 0 Å². The van der Waals surface area contributed by atoms with E-state index in [1.165, 1.54) is 31.9 Å². The highest BCUT2D eigenvalue weighted by atomic mass is 32.2.